The Morgan fingerprint density at radius 3 is 2.24 bits per heavy atom. The molecule has 25 heavy (non-hydrogen) atoms. The van der Waals surface area contributed by atoms with E-state index in [2.05, 4.69) is 0 Å². The van der Waals surface area contributed by atoms with E-state index in [1.54, 1.807) is 4.90 Å². The molecule has 0 radical (unpaired) electrons. The number of likely N-dealkylation sites (tertiary alicyclic amines) is 1. The molecule has 1 aliphatic rings. The number of aliphatic hydroxyl groups is 1. The van der Waals surface area contributed by atoms with Gasteiger partial charge in [-0.25, -0.2) is 4.79 Å². The summed E-state index contributed by atoms with van der Waals surface area (Å²) < 4.78 is 11.1. The van der Waals surface area contributed by atoms with Gasteiger partial charge in [-0.05, 0) is 17.5 Å². The van der Waals surface area contributed by atoms with Gasteiger partial charge in [0, 0.05) is 6.54 Å². The largest absolute Gasteiger partial charge is 0.445 e. The van der Waals surface area contributed by atoms with Crippen LogP contribution >= 0.6 is 0 Å². The molecule has 5 nitrogen and oxygen atoms in total. The summed E-state index contributed by atoms with van der Waals surface area (Å²) in [6.07, 6.45) is -0.450. The smallest absolute Gasteiger partial charge is 0.410 e. The summed E-state index contributed by atoms with van der Waals surface area (Å²) in [6.45, 7) is 1.45. The number of amides is 1. The van der Waals surface area contributed by atoms with Gasteiger partial charge in [-0.15, -0.1) is 0 Å². The lowest BCUT2D eigenvalue weighted by molar-refractivity contribution is 0.0165. The van der Waals surface area contributed by atoms with Gasteiger partial charge in [0.05, 0.1) is 25.4 Å². The molecule has 3 rings (SSSR count). The lowest BCUT2D eigenvalue weighted by Crippen LogP contribution is -2.42. The molecule has 1 amide bonds. The van der Waals surface area contributed by atoms with Crippen molar-refractivity contribution in [3.05, 3.63) is 71.8 Å². The highest BCUT2D eigenvalue weighted by molar-refractivity contribution is 5.68. The summed E-state index contributed by atoms with van der Waals surface area (Å²) in [7, 11) is 0. The number of hydrogen-bond acceptors (Lipinski definition) is 4. The Kier molecular flexibility index (Phi) is 6.04. The zero-order chi connectivity index (χ0) is 17.5. The van der Waals surface area contributed by atoms with Crippen molar-refractivity contribution < 1.29 is 19.4 Å². The van der Waals surface area contributed by atoms with Crippen molar-refractivity contribution in [2.75, 3.05) is 13.2 Å². The number of ether oxygens (including phenoxy) is 2. The Hall–Kier alpha value is -2.37. The van der Waals surface area contributed by atoms with Crippen molar-refractivity contribution >= 4 is 6.09 Å². The molecule has 0 bridgehead atoms. The van der Waals surface area contributed by atoms with E-state index < -0.39 is 12.2 Å². The molecule has 1 heterocycles. The van der Waals surface area contributed by atoms with Crippen molar-refractivity contribution in [2.45, 2.75) is 31.8 Å². The van der Waals surface area contributed by atoms with Crippen LogP contribution in [0.2, 0.25) is 0 Å². The second-order valence-electron chi connectivity index (χ2n) is 6.16. The first-order valence-electron chi connectivity index (χ1n) is 8.51. The van der Waals surface area contributed by atoms with Crippen LogP contribution in [0.25, 0.3) is 0 Å². The van der Waals surface area contributed by atoms with Gasteiger partial charge in [-0.1, -0.05) is 60.7 Å². The molecule has 5 heteroatoms. The summed E-state index contributed by atoms with van der Waals surface area (Å²) in [4.78, 5) is 13.9. The van der Waals surface area contributed by atoms with E-state index in [0.29, 0.717) is 19.6 Å². The van der Waals surface area contributed by atoms with Crippen LogP contribution in [0.5, 0.6) is 0 Å². The zero-order valence-corrected chi connectivity index (χ0v) is 14.1. The van der Waals surface area contributed by atoms with E-state index in [9.17, 15) is 9.90 Å². The molecule has 132 valence electrons. The van der Waals surface area contributed by atoms with E-state index in [0.717, 1.165) is 11.1 Å². The average molecular weight is 341 g/mol. The van der Waals surface area contributed by atoms with Crippen molar-refractivity contribution in [3.63, 3.8) is 0 Å². The molecule has 1 fully saturated rings. The first-order valence-corrected chi connectivity index (χ1v) is 8.51. The van der Waals surface area contributed by atoms with Gasteiger partial charge in [0.25, 0.3) is 0 Å². The lowest BCUT2D eigenvalue weighted by atomic mass is 10.2. The maximum absolute atomic E-state index is 12.3. The monoisotopic (exact) mass is 341 g/mol. The van der Waals surface area contributed by atoms with Crippen LogP contribution in [-0.4, -0.2) is 41.4 Å². The molecule has 0 saturated carbocycles. The summed E-state index contributed by atoms with van der Waals surface area (Å²) in [6, 6.07) is 19.0. The Labute approximate surface area is 147 Å². The summed E-state index contributed by atoms with van der Waals surface area (Å²) in [5.74, 6) is 0. The fourth-order valence-corrected chi connectivity index (χ4v) is 2.94. The number of rotatable bonds is 6. The van der Waals surface area contributed by atoms with E-state index in [1.807, 2.05) is 60.7 Å². The van der Waals surface area contributed by atoms with E-state index >= 15 is 0 Å². The first kappa shape index (κ1) is 17.5. The minimum Gasteiger partial charge on any atom is -0.445 e. The SMILES string of the molecule is O=C(OCc1ccccc1)N1CC[C@@H](O)[C@H]1COCc1ccccc1. The van der Waals surface area contributed by atoms with Crippen LogP contribution in [0.15, 0.2) is 60.7 Å². The average Bonchev–Trinajstić information content (AvgIpc) is 3.02. The molecule has 1 saturated heterocycles. The highest BCUT2D eigenvalue weighted by Crippen LogP contribution is 2.20. The minimum atomic E-state index is -0.583. The number of hydrogen-bond donors (Lipinski definition) is 1. The second kappa shape index (κ2) is 8.65. The molecule has 2 aromatic carbocycles. The zero-order valence-electron chi connectivity index (χ0n) is 14.1. The summed E-state index contributed by atoms with van der Waals surface area (Å²) in [5, 5.41) is 10.2. The molecule has 1 aliphatic heterocycles. The van der Waals surface area contributed by atoms with Gasteiger partial charge in [0.2, 0.25) is 0 Å². The number of carbonyl (C=O) groups is 1. The minimum absolute atomic E-state index is 0.226. The molecule has 2 atom stereocenters. The van der Waals surface area contributed by atoms with Crippen molar-refractivity contribution in [1.82, 2.24) is 4.90 Å². The summed E-state index contributed by atoms with van der Waals surface area (Å²) in [5.41, 5.74) is 2.00. The topological polar surface area (TPSA) is 59.0 Å². The Balaban J connectivity index is 1.50. The molecule has 0 aromatic heterocycles. The van der Waals surface area contributed by atoms with Gasteiger partial charge in [-0.2, -0.15) is 0 Å². The van der Waals surface area contributed by atoms with Crippen LogP contribution in [0.4, 0.5) is 4.79 Å². The molecule has 0 spiro atoms. The maximum atomic E-state index is 12.3. The summed E-state index contributed by atoms with van der Waals surface area (Å²) >= 11 is 0. The van der Waals surface area contributed by atoms with Gasteiger partial charge < -0.3 is 19.5 Å². The van der Waals surface area contributed by atoms with Crippen LogP contribution in [0.3, 0.4) is 0 Å². The third-order valence-corrected chi connectivity index (χ3v) is 4.35. The molecule has 0 aliphatic carbocycles. The number of nitrogens with zero attached hydrogens (tertiary/aromatic N) is 1. The predicted molar refractivity (Wildman–Crippen MR) is 93.8 cm³/mol. The Morgan fingerprint density at radius 2 is 1.60 bits per heavy atom. The lowest BCUT2D eigenvalue weighted by Gasteiger charge is -2.25. The maximum Gasteiger partial charge on any atom is 0.410 e. The number of benzene rings is 2. The van der Waals surface area contributed by atoms with Gasteiger partial charge in [0.1, 0.15) is 6.61 Å². The van der Waals surface area contributed by atoms with Crippen LogP contribution in [-0.2, 0) is 22.7 Å². The number of aliphatic hydroxyl groups excluding tert-OH is 1. The highest BCUT2D eigenvalue weighted by atomic mass is 16.6. The Bertz CT molecular complexity index is 662. The highest BCUT2D eigenvalue weighted by Gasteiger charge is 2.37. The van der Waals surface area contributed by atoms with E-state index in [1.165, 1.54) is 0 Å². The van der Waals surface area contributed by atoms with Crippen LogP contribution in [0, 0.1) is 0 Å². The predicted octanol–water partition coefficient (Wildman–Crippen LogP) is 2.98. The number of carbonyl (C=O) groups excluding carboxylic acids is 1. The Morgan fingerprint density at radius 1 is 1.00 bits per heavy atom. The second-order valence-corrected chi connectivity index (χ2v) is 6.16. The van der Waals surface area contributed by atoms with E-state index in [4.69, 9.17) is 9.47 Å². The molecule has 2 aromatic rings. The van der Waals surface area contributed by atoms with Gasteiger partial charge >= 0.3 is 6.09 Å². The van der Waals surface area contributed by atoms with Crippen molar-refractivity contribution in [2.24, 2.45) is 0 Å². The molecule has 1 N–H and O–H groups in total. The third kappa shape index (κ3) is 4.81. The fourth-order valence-electron chi connectivity index (χ4n) is 2.94. The molecular formula is C20H23NO4. The fraction of sp³-hybridized carbons (Fsp3) is 0.350. The molecule has 0 unspecified atom stereocenters. The molecular weight excluding hydrogens is 318 g/mol. The van der Waals surface area contributed by atoms with Crippen LogP contribution < -0.4 is 0 Å². The quantitative estimate of drug-likeness (QED) is 0.877. The standard InChI is InChI=1S/C20H23NO4/c22-19-11-12-21(20(23)25-14-17-9-5-2-6-10-17)18(19)15-24-13-16-7-3-1-4-8-16/h1-10,18-19,22H,11-15H2/t18-,19-/m1/s1. The third-order valence-electron chi connectivity index (χ3n) is 4.35. The van der Waals surface area contributed by atoms with Gasteiger partial charge in [0.15, 0.2) is 0 Å². The van der Waals surface area contributed by atoms with Crippen molar-refractivity contribution in [1.29, 1.82) is 0 Å². The van der Waals surface area contributed by atoms with Gasteiger partial charge in [-0.3, -0.25) is 0 Å². The van der Waals surface area contributed by atoms with Crippen molar-refractivity contribution in [3.8, 4) is 0 Å². The van der Waals surface area contributed by atoms with E-state index in [-0.39, 0.29) is 19.3 Å². The normalized spacial score (nSPS) is 19.8. The first-order chi connectivity index (χ1) is 12.2. The van der Waals surface area contributed by atoms with Crippen LogP contribution in [0.1, 0.15) is 17.5 Å².